The predicted molar refractivity (Wildman–Crippen MR) is 77.5 cm³/mol. The van der Waals surface area contributed by atoms with Gasteiger partial charge in [0.2, 0.25) is 0 Å². The first-order valence-corrected chi connectivity index (χ1v) is 7.00. The van der Waals surface area contributed by atoms with Crippen molar-refractivity contribution < 1.29 is 9.90 Å². The average molecular weight is 286 g/mol. The van der Waals surface area contributed by atoms with Gasteiger partial charge in [-0.1, -0.05) is 0 Å². The third-order valence-corrected chi connectivity index (χ3v) is 4.06. The lowest BCUT2D eigenvalue weighted by molar-refractivity contribution is 0.0917. The van der Waals surface area contributed by atoms with Crippen molar-refractivity contribution >= 4 is 17.2 Å². The zero-order valence-electron chi connectivity index (χ0n) is 11.0. The Morgan fingerprint density at radius 3 is 2.65 bits per heavy atom. The van der Waals surface area contributed by atoms with E-state index >= 15 is 0 Å². The molecule has 5 heteroatoms. The van der Waals surface area contributed by atoms with Crippen LogP contribution in [0.25, 0.3) is 0 Å². The van der Waals surface area contributed by atoms with E-state index in [1.807, 2.05) is 24.4 Å². The number of rotatable bonds is 4. The van der Waals surface area contributed by atoms with E-state index in [1.54, 1.807) is 24.3 Å². The van der Waals surface area contributed by atoms with Crippen LogP contribution < -0.4 is 5.32 Å². The van der Waals surface area contributed by atoms with Crippen LogP contribution in [0.15, 0.2) is 35.7 Å². The summed E-state index contributed by atoms with van der Waals surface area (Å²) >= 11 is 1.47. The number of carbonyl (C=O) groups is 1. The van der Waals surface area contributed by atoms with E-state index in [0.717, 1.165) is 10.4 Å². The largest absolute Gasteiger partial charge is 0.386 e. The van der Waals surface area contributed by atoms with Gasteiger partial charge >= 0.3 is 0 Å². The number of nitrogens with one attached hydrogen (secondary N) is 1. The van der Waals surface area contributed by atoms with Crippen molar-refractivity contribution in [3.63, 3.8) is 0 Å². The molecule has 2 aromatic rings. The fourth-order valence-corrected chi connectivity index (χ4v) is 2.72. The molecule has 1 amide bonds. The zero-order chi connectivity index (χ0) is 14.5. The Labute approximate surface area is 121 Å². The van der Waals surface area contributed by atoms with Gasteiger partial charge in [0.25, 0.3) is 5.91 Å². The number of benzene rings is 1. The number of carbonyl (C=O) groups excluding carboxylic acids is 1. The molecule has 0 aliphatic rings. The maximum Gasteiger partial charge on any atom is 0.251 e. The van der Waals surface area contributed by atoms with Crippen LogP contribution in [-0.4, -0.2) is 17.6 Å². The molecule has 0 spiro atoms. The van der Waals surface area contributed by atoms with Gasteiger partial charge in [-0.3, -0.25) is 4.79 Å². The number of aryl methyl sites for hydroxylation is 1. The Hall–Kier alpha value is -2.16. The van der Waals surface area contributed by atoms with Crippen LogP contribution in [0.1, 0.15) is 32.5 Å². The van der Waals surface area contributed by atoms with Gasteiger partial charge in [-0.05, 0) is 48.2 Å². The number of nitriles is 1. The number of nitrogens with zero attached hydrogens (tertiary/aromatic N) is 1. The van der Waals surface area contributed by atoms with Gasteiger partial charge in [0.05, 0.1) is 11.6 Å². The Balaban J connectivity index is 1.95. The number of aliphatic hydroxyl groups excluding tert-OH is 1. The first-order chi connectivity index (χ1) is 9.61. The summed E-state index contributed by atoms with van der Waals surface area (Å²) in [5, 5.41) is 23.3. The molecule has 1 heterocycles. The molecule has 1 aromatic carbocycles. The van der Waals surface area contributed by atoms with Crippen molar-refractivity contribution in [1.82, 2.24) is 5.32 Å². The highest BCUT2D eigenvalue weighted by Gasteiger charge is 2.13. The van der Waals surface area contributed by atoms with E-state index < -0.39 is 6.10 Å². The van der Waals surface area contributed by atoms with Crippen molar-refractivity contribution in [2.45, 2.75) is 13.0 Å². The molecule has 0 saturated carbocycles. The summed E-state index contributed by atoms with van der Waals surface area (Å²) in [6.45, 7) is 2.09. The molecule has 0 aliphatic carbocycles. The summed E-state index contributed by atoms with van der Waals surface area (Å²) in [6, 6.07) is 10.3. The number of hydrogen-bond acceptors (Lipinski definition) is 4. The smallest absolute Gasteiger partial charge is 0.251 e. The molecule has 0 aliphatic heterocycles. The summed E-state index contributed by atoms with van der Waals surface area (Å²) in [4.78, 5) is 12.8. The van der Waals surface area contributed by atoms with Gasteiger partial charge in [0.1, 0.15) is 6.10 Å². The number of hydrogen-bond donors (Lipinski definition) is 2. The van der Waals surface area contributed by atoms with Gasteiger partial charge < -0.3 is 10.4 Å². The molecule has 2 N–H and O–H groups in total. The van der Waals surface area contributed by atoms with Crippen molar-refractivity contribution in [1.29, 1.82) is 5.26 Å². The summed E-state index contributed by atoms with van der Waals surface area (Å²) in [6.07, 6.45) is -0.697. The Morgan fingerprint density at radius 2 is 2.10 bits per heavy atom. The zero-order valence-corrected chi connectivity index (χ0v) is 11.8. The van der Waals surface area contributed by atoms with E-state index in [0.29, 0.717) is 11.1 Å². The number of amides is 1. The maximum atomic E-state index is 11.9. The van der Waals surface area contributed by atoms with Gasteiger partial charge in [-0.2, -0.15) is 5.26 Å². The van der Waals surface area contributed by atoms with E-state index in [2.05, 4.69) is 5.32 Å². The highest BCUT2D eigenvalue weighted by atomic mass is 32.1. The Bertz CT molecular complexity index is 641. The molecule has 102 valence electrons. The van der Waals surface area contributed by atoms with E-state index in [-0.39, 0.29) is 12.5 Å². The minimum atomic E-state index is -0.697. The lowest BCUT2D eigenvalue weighted by Gasteiger charge is -2.11. The summed E-state index contributed by atoms with van der Waals surface area (Å²) in [5.74, 6) is -0.261. The van der Waals surface area contributed by atoms with Gasteiger partial charge in [0.15, 0.2) is 0 Å². The highest BCUT2D eigenvalue weighted by Crippen LogP contribution is 2.23. The van der Waals surface area contributed by atoms with Gasteiger partial charge in [0, 0.05) is 17.0 Å². The molecule has 1 unspecified atom stereocenters. The fraction of sp³-hybridized carbons (Fsp3) is 0.200. The first kappa shape index (κ1) is 14.3. The Kier molecular flexibility index (Phi) is 4.51. The summed E-state index contributed by atoms with van der Waals surface area (Å²) < 4.78 is 0. The molecule has 0 radical (unpaired) electrons. The minimum absolute atomic E-state index is 0.167. The van der Waals surface area contributed by atoms with E-state index in [1.165, 1.54) is 11.3 Å². The second-order valence-electron chi connectivity index (χ2n) is 4.38. The summed E-state index contributed by atoms with van der Waals surface area (Å²) in [5.41, 5.74) is 2.00. The monoisotopic (exact) mass is 286 g/mol. The molecule has 20 heavy (non-hydrogen) atoms. The van der Waals surface area contributed by atoms with Crippen molar-refractivity contribution in [3.05, 3.63) is 57.3 Å². The molecule has 0 fully saturated rings. The van der Waals surface area contributed by atoms with Crippen LogP contribution in [0.4, 0.5) is 0 Å². The van der Waals surface area contributed by atoms with Crippen LogP contribution in [0, 0.1) is 18.3 Å². The maximum absolute atomic E-state index is 11.9. The first-order valence-electron chi connectivity index (χ1n) is 6.12. The fourth-order valence-electron chi connectivity index (χ4n) is 1.81. The molecule has 0 bridgehead atoms. The SMILES string of the molecule is Cc1ccsc1C(O)CNC(=O)c1ccc(C#N)cc1. The minimum Gasteiger partial charge on any atom is -0.386 e. The normalized spacial score (nSPS) is 11.7. The standard InChI is InChI=1S/C15H14N2O2S/c1-10-6-7-20-14(10)13(18)9-17-15(19)12-4-2-11(8-16)3-5-12/h2-7,13,18H,9H2,1H3,(H,17,19). The van der Waals surface area contributed by atoms with Crippen LogP contribution in [0.3, 0.4) is 0 Å². The Morgan fingerprint density at radius 1 is 1.40 bits per heavy atom. The molecule has 4 nitrogen and oxygen atoms in total. The van der Waals surface area contributed by atoms with Crippen LogP contribution in [-0.2, 0) is 0 Å². The summed E-state index contributed by atoms with van der Waals surface area (Å²) in [7, 11) is 0. The second kappa shape index (κ2) is 6.33. The average Bonchev–Trinajstić information content (AvgIpc) is 2.90. The topological polar surface area (TPSA) is 73.1 Å². The predicted octanol–water partition coefficient (Wildman–Crippen LogP) is 2.39. The van der Waals surface area contributed by atoms with Gasteiger partial charge in [-0.15, -0.1) is 11.3 Å². The molecular formula is C15H14N2O2S. The molecule has 1 aromatic heterocycles. The second-order valence-corrected chi connectivity index (χ2v) is 5.33. The number of thiophene rings is 1. The van der Waals surface area contributed by atoms with Crippen molar-refractivity contribution in [3.8, 4) is 6.07 Å². The molecule has 0 saturated heterocycles. The lowest BCUT2D eigenvalue weighted by Crippen LogP contribution is -2.28. The van der Waals surface area contributed by atoms with Crippen LogP contribution in [0.5, 0.6) is 0 Å². The molecule has 1 atom stereocenters. The third kappa shape index (κ3) is 3.23. The van der Waals surface area contributed by atoms with Crippen LogP contribution >= 0.6 is 11.3 Å². The quantitative estimate of drug-likeness (QED) is 0.906. The molecular weight excluding hydrogens is 272 g/mol. The van der Waals surface area contributed by atoms with E-state index in [9.17, 15) is 9.90 Å². The lowest BCUT2D eigenvalue weighted by atomic mass is 10.1. The highest BCUT2D eigenvalue weighted by molar-refractivity contribution is 7.10. The molecule has 2 rings (SSSR count). The van der Waals surface area contributed by atoms with Crippen molar-refractivity contribution in [2.75, 3.05) is 6.54 Å². The third-order valence-electron chi connectivity index (χ3n) is 2.94. The van der Waals surface area contributed by atoms with E-state index in [4.69, 9.17) is 5.26 Å². The number of aliphatic hydroxyl groups is 1. The van der Waals surface area contributed by atoms with Gasteiger partial charge in [-0.25, -0.2) is 0 Å². The van der Waals surface area contributed by atoms with Crippen LogP contribution in [0.2, 0.25) is 0 Å². The van der Waals surface area contributed by atoms with Crippen molar-refractivity contribution in [2.24, 2.45) is 0 Å².